The predicted molar refractivity (Wildman–Crippen MR) is 157 cm³/mol. The summed E-state index contributed by atoms with van der Waals surface area (Å²) in [6.45, 7) is 6.77. The molecule has 1 aromatic heterocycles. The Morgan fingerprint density at radius 1 is 1.07 bits per heavy atom. The van der Waals surface area contributed by atoms with E-state index < -0.39 is 23.5 Å². The molecule has 41 heavy (non-hydrogen) atoms. The molecule has 9 heteroatoms. The van der Waals surface area contributed by atoms with Gasteiger partial charge in [-0.15, -0.1) is 11.3 Å². The van der Waals surface area contributed by atoms with Gasteiger partial charge in [0.15, 0.2) is 5.13 Å². The van der Waals surface area contributed by atoms with E-state index in [4.69, 9.17) is 9.72 Å². The molecule has 3 heterocycles. The molecule has 2 unspecified atom stereocenters. The number of amides is 1. The third kappa shape index (κ3) is 5.20. The van der Waals surface area contributed by atoms with E-state index in [1.54, 1.807) is 0 Å². The average Bonchev–Trinajstić information content (AvgIpc) is 3.51. The molecule has 1 N–H and O–H groups in total. The van der Waals surface area contributed by atoms with Crippen LogP contribution < -0.4 is 9.64 Å². The van der Waals surface area contributed by atoms with E-state index in [0.717, 1.165) is 64.6 Å². The fourth-order valence-electron chi connectivity index (χ4n) is 6.65. The first-order valence-electron chi connectivity index (χ1n) is 14.5. The third-order valence-electron chi connectivity index (χ3n) is 9.05. The quantitative estimate of drug-likeness (QED) is 0.356. The summed E-state index contributed by atoms with van der Waals surface area (Å²) in [5.41, 5.74) is 3.37. The van der Waals surface area contributed by atoms with E-state index >= 15 is 4.39 Å². The van der Waals surface area contributed by atoms with E-state index in [0.29, 0.717) is 38.3 Å². The number of halogens is 1. The van der Waals surface area contributed by atoms with Crippen molar-refractivity contribution in [3.05, 3.63) is 64.0 Å². The highest BCUT2D eigenvalue weighted by molar-refractivity contribution is 7.14. The van der Waals surface area contributed by atoms with Crippen LogP contribution in [0.15, 0.2) is 41.8 Å². The lowest BCUT2D eigenvalue weighted by molar-refractivity contribution is -0.157. The molecular weight excluding hydrogens is 541 g/mol. The number of hydrogen-bond donors (Lipinski definition) is 1. The first kappa shape index (κ1) is 27.7. The highest BCUT2D eigenvalue weighted by atomic mass is 32.1. The molecule has 2 bridgehead atoms. The van der Waals surface area contributed by atoms with Crippen LogP contribution in [0.25, 0.3) is 11.3 Å². The molecule has 2 aromatic carbocycles. The minimum Gasteiger partial charge on any atom is -0.488 e. The van der Waals surface area contributed by atoms with E-state index in [2.05, 4.69) is 6.07 Å². The van der Waals surface area contributed by atoms with Crippen LogP contribution in [0.5, 0.6) is 5.75 Å². The number of carboxylic acid groups (broad SMARTS) is 1. The van der Waals surface area contributed by atoms with Gasteiger partial charge in [-0.05, 0) is 81.3 Å². The Kier molecular flexibility index (Phi) is 7.49. The number of carbonyl (C=O) groups excluding carboxylic acids is 1. The summed E-state index contributed by atoms with van der Waals surface area (Å²) < 4.78 is 21.6. The number of aryl methyl sites for hydroxylation is 2. The summed E-state index contributed by atoms with van der Waals surface area (Å²) in [6.07, 6.45) is 4.50. The molecule has 1 aliphatic carbocycles. The SMILES string of the molecule is Cc1ccc(OCc2ccc(C(=O)N3CCCCC3)cc2C)c(-c2csc(N3CC4CCC(C3)C4(F)C(=O)O)n2)c1. The monoisotopic (exact) mass is 577 g/mol. The molecule has 6 rings (SSSR count). The van der Waals surface area contributed by atoms with Gasteiger partial charge in [-0.2, -0.15) is 0 Å². The minimum atomic E-state index is -2.13. The number of ether oxygens (including phenoxy) is 1. The Balaban J connectivity index is 1.17. The molecule has 0 spiro atoms. The number of aliphatic carboxylic acids is 1. The van der Waals surface area contributed by atoms with E-state index in [9.17, 15) is 14.7 Å². The number of hydrogen-bond acceptors (Lipinski definition) is 6. The van der Waals surface area contributed by atoms with E-state index in [1.165, 1.54) is 17.8 Å². The largest absolute Gasteiger partial charge is 0.488 e. The summed E-state index contributed by atoms with van der Waals surface area (Å²) in [5.74, 6) is -1.55. The molecule has 3 fully saturated rings. The molecule has 1 saturated carbocycles. The van der Waals surface area contributed by atoms with Crippen molar-refractivity contribution >= 4 is 28.3 Å². The second kappa shape index (κ2) is 11.1. The highest BCUT2D eigenvalue weighted by Gasteiger charge is 2.60. The number of benzene rings is 2. The van der Waals surface area contributed by atoms with Gasteiger partial charge in [-0.3, -0.25) is 4.79 Å². The smallest absolute Gasteiger partial charge is 0.342 e. The van der Waals surface area contributed by atoms with Crippen molar-refractivity contribution in [3.8, 4) is 17.0 Å². The van der Waals surface area contributed by atoms with Crippen molar-refractivity contribution in [2.24, 2.45) is 11.8 Å². The summed E-state index contributed by atoms with van der Waals surface area (Å²) in [4.78, 5) is 33.5. The van der Waals surface area contributed by atoms with Gasteiger partial charge in [0.25, 0.3) is 5.91 Å². The number of piperidine rings is 2. The molecule has 0 radical (unpaired) electrons. The molecule has 2 saturated heterocycles. The van der Waals surface area contributed by atoms with Crippen molar-refractivity contribution in [1.82, 2.24) is 9.88 Å². The Bertz CT molecular complexity index is 1450. The fraction of sp³-hybridized carbons (Fsp3) is 0.469. The van der Waals surface area contributed by atoms with Crippen LogP contribution in [-0.4, -0.2) is 58.7 Å². The standard InChI is InChI=1S/C32H36FN3O4S/c1-20-6-11-28(40-18-23-8-7-22(15-21(23)2)29(37)35-12-4-3-5-13-35)26(14-20)27-19-41-31(34-27)36-16-24-9-10-25(17-36)32(24,33)30(38)39/h6-8,11,14-15,19,24-25H,3-5,9-10,12-13,16-18H2,1-2H3,(H,38,39). The summed E-state index contributed by atoms with van der Waals surface area (Å²) in [6, 6.07) is 11.9. The normalized spacial score (nSPS) is 24.0. The zero-order valence-corrected chi connectivity index (χ0v) is 24.4. The number of carbonyl (C=O) groups is 2. The molecule has 2 aliphatic heterocycles. The van der Waals surface area contributed by atoms with Crippen LogP contribution in [0, 0.1) is 25.7 Å². The average molecular weight is 578 g/mol. The van der Waals surface area contributed by atoms with E-state index in [1.807, 2.05) is 59.4 Å². The summed E-state index contributed by atoms with van der Waals surface area (Å²) in [7, 11) is 0. The fourth-order valence-corrected chi connectivity index (χ4v) is 7.49. The van der Waals surface area contributed by atoms with Crippen LogP contribution in [0.3, 0.4) is 0 Å². The zero-order chi connectivity index (χ0) is 28.7. The van der Waals surface area contributed by atoms with Gasteiger partial charge in [0.2, 0.25) is 5.67 Å². The van der Waals surface area contributed by atoms with Crippen molar-refractivity contribution < 1.29 is 23.8 Å². The van der Waals surface area contributed by atoms with Crippen LogP contribution in [0.2, 0.25) is 0 Å². The highest BCUT2D eigenvalue weighted by Crippen LogP contribution is 2.49. The Hall–Kier alpha value is -3.46. The van der Waals surface area contributed by atoms with Gasteiger partial charge in [-0.25, -0.2) is 14.2 Å². The molecule has 3 aromatic rings. The molecule has 3 aliphatic rings. The Morgan fingerprint density at radius 3 is 2.49 bits per heavy atom. The number of thiazole rings is 1. The minimum absolute atomic E-state index is 0.0994. The predicted octanol–water partition coefficient (Wildman–Crippen LogP) is 6.27. The maximum Gasteiger partial charge on any atom is 0.342 e. The number of likely N-dealkylation sites (tertiary alicyclic amines) is 1. The second-order valence-corrected chi connectivity index (χ2v) is 12.6. The van der Waals surface area contributed by atoms with Crippen LogP contribution in [-0.2, 0) is 11.4 Å². The third-order valence-corrected chi connectivity index (χ3v) is 9.95. The first-order valence-corrected chi connectivity index (χ1v) is 15.4. The second-order valence-electron chi connectivity index (χ2n) is 11.7. The molecule has 7 nitrogen and oxygen atoms in total. The van der Waals surface area contributed by atoms with Crippen LogP contribution in [0.1, 0.15) is 59.2 Å². The number of carboxylic acids is 1. The lowest BCUT2D eigenvalue weighted by Gasteiger charge is -2.39. The number of rotatable bonds is 7. The van der Waals surface area contributed by atoms with Gasteiger partial charge in [0, 0.05) is 54.5 Å². The van der Waals surface area contributed by atoms with Gasteiger partial charge >= 0.3 is 5.97 Å². The van der Waals surface area contributed by atoms with Gasteiger partial charge in [0.05, 0.1) is 5.69 Å². The van der Waals surface area contributed by atoms with Crippen molar-refractivity contribution in [2.75, 3.05) is 31.1 Å². The molecule has 2 atom stereocenters. The van der Waals surface area contributed by atoms with Crippen LogP contribution in [0.4, 0.5) is 9.52 Å². The maximum absolute atomic E-state index is 15.3. The molecule has 216 valence electrons. The number of anilines is 1. The van der Waals surface area contributed by atoms with Crippen LogP contribution >= 0.6 is 11.3 Å². The van der Waals surface area contributed by atoms with Gasteiger partial charge in [-0.1, -0.05) is 17.7 Å². The Labute approximate surface area is 244 Å². The molecule has 1 amide bonds. The van der Waals surface area contributed by atoms with E-state index in [-0.39, 0.29) is 5.91 Å². The molecular formula is C32H36FN3O4S. The number of aromatic nitrogens is 1. The van der Waals surface area contributed by atoms with Crippen molar-refractivity contribution in [1.29, 1.82) is 0 Å². The summed E-state index contributed by atoms with van der Waals surface area (Å²) >= 11 is 1.49. The van der Waals surface area contributed by atoms with Gasteiger partial charge < -0.3 is 19.6 Å². The van der Waals surface area contributed by atoms with Crippen molar-refractivity contribution in [2.45, 2.75) is 58.2 Å². The number of fused-ring (bicyclic) bond motifs is 2. The zero-order valence-electron chi connectivity index (χ0n) is 23.6. The van der Waals surface area contributed by atoms with Gasteiger partial charge in [0.1, 0.15) is 12.4 Å². The number of alkyl halides is 1. The maximum atomic E-state index is 15.3. The lowest BCUT2D eigenvalue weighted by atomic mass is 9.82. The Morgan fingerprint density at radius 2 is 1.80 bits per heavy atom. The van der Waals surface area contributed by atoms with Crippen molar-refractivity contribution in [3.63, 3.8) is 0 Å². The lowest BCUT2D eigenvalue weighted by Crippen LogP contribution is -2.55. The number of nitrogens with zero attached hydrogens (tertiary/aromatic N) is 3. The topological polar surface area (TPSA) is 83.0 Å². The summed E-state index contributed by atoms with van der Waals surface area (Å²) in [5, 5.41) is 12.3. The first-order chi connectivity index (χ1) is 19.7.